The minimum atomic E-state index is -0.142. The molecule has 2 aliphatic heterocycles. The third-order valence-electron chi connectivity index (χ3n) is 7.04. The van der Waals surface area contributed by atoms with Crippen molar-refractivity contribution in [2.24, 2.45) is 0 Å². The van der Waals surface area contributed by atoms with Gasteiger partial charge in [0.25, 0.3) is 5.91 Å². The number of carbonyl (C=O) groups is 1. The summed E-state index contributed by atoms with van der Waals surface area (Å²) in [6, 6.07) is 19.8. The lowest BCUT2D eigenvalue weighted by Gasteiger charge is -2.19. The van der Waals surface area contributed by atoms with Gasteiger partial charge in [0.15, 0.2) is 11.5 Å². The number of nitrogens with zero attached hydrogens (tertiary/aromatic N) is 2. The molecule has 3 heterocycles. The monoisotopic (exact) mass is 479 g/mol. The van der Waals surface area contributed by atoms with E-state index in [2.05, 4.69) is 16.3 Å². The minimum absolute atomic E-state index is 0.142. The number of aryl methyl sites for hydroxylation is 1. The number of ether oxygens (including phenoxy) is 2. The minimum Gasteiger partial charge on any atom is -0.486 e. The number of carbonyl (C=O) groups excluding carboxylic acids is 1. The molecule has 182 valence electrons. The van der Waals surface area contributed by atoms with E-state index in [0.29, 0.717) is 18.8 Å². The summed E-state index contributed by atoms with van der Waals surface area (Å²) in [5.74, 6) is 1.38. The summed E-state index contributed by atoms with van der Waals surface area (Å²) < 4.78 is 11.3. The molecule has 1 N–H and O–H groups in total. The molecule has 1 amide bonds. The van der Waals surface area contributed by atoms with Crippen molar-refractivity contribution in [2.75, 3.05) is 31.6 Å². The maximum absolute atomic E-state index is 13.0. The second kappa shape index (κ2) is 9.63. The lowest BCUT2D eigenvalue weighted by atomic mass is 10.0. The number of pyridine rings is 1. The molecule has 6 nitrogen and oxygen atoms in total. The topological polar surface area (TPSA) is 63.7 Å². The van der Waals surface area contributed by atoms with E-state index in [4.69, 9.17) is 14.5 Å². The van der Waals surface area contributed by atoms with Gasteiger partial charge in [0, 0.05) is 29.4 Å². The summed E-state index contributed by atoms with van der Waals surface area (Å²) in [7, 11) is 0. The van der Waals surface area contributed by atoms with Crippen LogP contribution in [-0.2, 0) is 6.54 Å². The van der Waals surface area contributed by atoms with Gasteiger partial charge in [-0.25, -0.2) is 0 Å². The van der Waals surface area contributed by atoms with E-state index in [-0.39, 0.29) is 5.91 Å². The van der Waals surface area contributed by atoms with Crippen LogP contribution >= 0.6 is 0 Å². The Morgan fingerprint density at radius 3 is 2.47 bits per heavy atom. The molecule has 1 fully saturated rings. The van der Waals surface area contributed by atoms with E-state index < -0.39 is 0 Å². The zero-order chi connectivity index (χ0) is 24.5. The summed E-state index contributed by atoms with van der Waals surface area (Å²) >= 11 is 0. The molecule has 36 heavy (non-hydrogen) atoms. The second-order valence-corrected chi connectivity index (χ2v) is 9.53. The number of rotatable bonds is 5. The molecule has 1 aromatic heterocycles. The first-order chi connectivity index (χ1) is 17.6. The Hall–Kier alpha value is -3.90. The van der Waals surface area contributed by atoms with E-state index in [0.717, 1.165) is 51.3 Å². The number of aromatic nitrogens is 1. The number of fused-ring (bicyclic) bond motifs is 2. The van der Waals surface area contributed by atoms with Gasteiger partial charge < -0.3 is 14.8 Å². The predicted octanol–water partition coefficient (Wildman–Crippen LogP) is 5.83. The highest BCUT2D eigenvalue weighted by atomic mass is 16.6. The Labute approximate surface area is 210 Å². The van der Waals surface area contributed by atoms with Crippen LogP contribution < -0.4 is 14.8 Å². The summed E-state index contributed by atoms with van der Waals surface area (Å²) in [6.45, 7) is 6.42. The van der Waals surface area contributed by atoms with Crippen LogP contribution in [0.4, 0.5) is 5.69 Å². The number of nitrogens with one attached hydrogen (secondary N) is 1. The molecule has 6 heteroatoms. The van der Waals surface area contributed by atoms with E-state index in [1.54, 1.807) is 0 Å². The average molecular weight is 480 g/mol. The van der Waals surface area contributed by atoms with Crippen molar-refractivity contribution in [3.8, 4) is 22.6 Å². The van der Waals surface area contributed by atoms with Gasteiger partial charge in [0.05, 0.1) is 5.52 Å². The first-order valence-corrected chi connectivity index (χ1v) is 12.6. The van der Waals surface area contributed by atoms with Crippen molar-refractivity contribution in [3.05, 3.63) is 83.6 Å². The largest absolute Gasteiger partial charge is 0.486 e. The first-order valence-electron chi connectivity index (χ1n) is 12.6. The highest BCUT2D eigenvalue weighted by Crippen LogP contribution is 2.34. The summed E-state index contributed by atoms with van der Waals surface area (Å²) in [6.07, 6.45) is 4.53. The van der Waals surface area contributed by atoms with Gasteiger partial charge in [-0.15, -0.1) is 0 Å². The molecule has 4 aromatic rings. The van der Waals surface area contributed by atoms with Crippen LogP contribution in [-0.4, -0.2) is 42.1 Å². The molecule has 0 unspecified atom stereocenters. The van der Waals surface area contributed by atoms with Crippen molar-refractivity contribution in [1.82, 2.24) is 9.88 Å². The predicted molar refractivity (Wildman–Crippen MR) is 142 cm³/mol. The van der Waals surface area contributed by atoms with Crippen molar-refractivity contribution in [2.45, 2.75) is 26.3 Å². The molecule has 3 aromatic carbocycles. The molecular weight excluding hydrogens is 450 g/mol. The van der Waals surface area contributed by atoms with Crippen molar-refractivity contribution >= 4 is 22.5 Å². The van der Waals surface area contributed by atoms with Crippen LogP contribution in [0.2, 0.25) is 0 Å². The Balaban J connectivity index is 1.17. The van der Waals surface area contributed by atoms with E-state index in [1.165, 1.54) is 31.5 Å². The number of hydrogen-bond donors (Lipinski definition) is 1. The van der Waals surface area contributed by atoms with Gasteiger partial charge in [-0.2, -0.15) is 0 Å². The van der Waals surface area contributed by atoms with Crippen molar-refractivity contribution in [1.29, 1.82) is 0 Å². The van der Waals surface area contributed by atoms with Crippen molar-refractivity contribution < 1.29 is 14.3 Å². The molecule has 0 radical (unpaired) electrons. The lowest BCUT2D eigenvalue weighted by Crippen LogP contribution is -2.18. The zero-order valence-electron chi connectivity index (χ0n) is 20.4. The van der Waals surface area contributed by atoms with Gasteiger partial charge in [-0.3, -0.25) is 14.7 Å². The number of likely N-dealkylation sites (tertiary alicyclic amines) is 1. The third kappa shape index (κ3) is 4.52. The highest BCUT2D eigenvalue weighted by Gasteiger charge is 2.15. The maximum Gasteiger partial charge on any atom is 0.255 e. The molecule has 0 aliphatic carbocycles. The molecular formula is C30H29N3O3. The molecule has 1 saturated heterocycles. The summed E-state index contributed by atoms with van der Waals surface area (Å²) in [4.78, 5) is 20.2. The third-order valence-corrected chi connectivity index (χ3v) is 7.04. The number of amides is 1. The Morgan fingerprint density at radius 1 is 0.917 bits per heavy atom. The molecule has 0 spiro atoms. The smallest absolute Gasteiger partial charge is 0.255 e. The number of benzene rings is 3. The summed E-state index contributed by atoms with van der Waals surface area (Å²) in [5, 5.41) is 4.17. The molecule has 6 rings (SSSR count). The number of anilines is 1. The quantitative estimate of drug-likeness (QED) is 0.390. The van der Waals surface area contributed by atoms with Crippen LogP contribution in [0.1, 0.15) is 34.3 Å². The number of hydrogen-bond acceptors (Lipinski definition) is 5. The maximum atomic E-state index is 13.0. The van der Waals surface area contributed by atoms with Gasteiger partial charge in [-0.1, -0.05) is 24.3 Å². The zero-order valence-corrected chi connectivity index (χ0v) is 20.4. The molecule has 0 bridgehead atoms. The van der Waals surface area contributed by atoms with Crippen molar-refractivity contribution in [3.63, 3.8) is 0 Å². The Kier molecular flexibility index (Phi) is 6.03. The van der Waals surface area contributed by atoms with Crippen LogP contribution in [0.3, 0.4) is 0 Å². The normalized spacial score (nSPS) is 15.2. The van der Waals surface area contributed by atoms with Gasteiger partial charge >= 0.3 is 0 Å². The highest BCUT2D eigenvalue weighted by molar-refractivity contribution is 6.06. The van der Waals surface area contributed by atoms with Gasteiger partial charge in [-0.05, 0) is 91.5 Å². The lowest BCUT2D eigenvalue weighted by molar-refractivity contribution is 0.102. The van der Waals surface area contributed by atoms with Crippen LogP contribution in [0, 0.1) is 6.92 Å². The van der Waals surface area contributed by atoms with Crippen LogP contribution in [0.15, 0.2) is 66.9 Å². The fraction of sp³-hybridized carbons (Fsp3) is 0.267. The fourth-order valence-corrected chi connectivity index (χ4v) is 5.05. The molecule has 0 saturated carbocycles. The molecule has 2 aliphatic rings. The van der Waals surface area contributed by atoms with E-state index >= 15 is 0 Å². The molecule has 0 atom stereocenters. The van der Waals surface area contributed by atoms with Crippen LogP contribution in [0.5, 0.6) is 11.5 Å². The van der Waals surface area contributed by atoms with Crippen LogP contribution in [0.25, 0.3) is 22.0 Å². The summed E-state index contributed by atoms with van der Waals surface area (Å²) in [5.41, 5.74) is 6.55. The van der Waals surface area contributed by atoms with E-state index in [9.17, 15) is 4.79 Å². The first kappa shape index (κ1) is 22.6. The van der Waals surface area contributed by atoms with Gasteiger partial charge in [0.1, 0.15) is 13.2 Å². The van der Waals surface area contributed by atoms with Gasteiger partial charge in [0.2, 0.25) is 0 Å². The second-order valence-electron chi connectivity index (χ2n) is 9.53. The van der Waals surface area contributed by atoms with E-state index in [1.807, 2.05) is 67.7 Å². The standard InChI is InChI=1S/C30H29N3O3/c1-20-26(10-8-25-16-21(18-31-29(20)25)19-33-12-2-3-13-33)32-30(34)23-6-4-22(5-7-23)24-9-11-27-28(17-24)36-15-14-35-27/h4-11,16-18H,2-3,12-15,19H2,1H3,(H,32,34). The average Bonchev–Trinajstić information content (AvgIpc) is 3.43. The SMILES string of the molecule is Cc1c(NC(=O)c2ccc(-c3ccc4c(c3)OCCO4)cc2)ccc2cc(CN3CCCC3)cnc12. The Bertz CT molecular complexity index is 1430. The fourth-order valence-electron chi connectivity index (χ4n) is 5.05. The Morgan fingerprint density at radius 2 is 1.67 bits per heavy atom.